The lowest BCUT2D eigenvalue weighted by molar-refractivity contribution is 0.298. The summed E-state index contributed by atoms with van der Waals surface area (Å²) in [6, 6.07) is 9.84. The SMILES string of the molecule is OCCc1csc(CCCOc2ccccc2)n1. The number of aliphatic hydroxyl groups excluding tert-OH is 1. The molecule has 0 amide bonds. The number of thiazole rings is 1. The van der Waals surface area contributed by atoms with Crippen molar-refractivity contribution in [1.82, 2.24) is 4.98 Å². The Morgan fingerprint density at radius 3 is 2.78 bits per heavy atom. The van der Waals surface area contributed by atoms with Gasteiger partial charge >= 0.3 is 0 Å². The van der Waals surface area contributed by atoms with Crippen LogP contribution in [0.4, 0.5) is 0 Å². The van der Waals surface area contributed by atoms with Crippen LogP contribution in [0, 0.1) is 0 Å². The molecule has 0 aliphatic rings. The van der Waals surface area contributed by atoms with Gasteiger partial charge in [-0.05, 0) is 18.6 Å². The van der Waals surface area contributed by atoms with Crippen LogP contribution in [-0.2, 0) is 12.8 Å². The molecule has 1 aromatic carbocycles. The first kappa shape index (κ1) is 13.1. The highest BCUT2D eigenvalue weighted by atomic mass is 32.1. The second-order valence-corrected chi connectivity index (χ2v) is 4.91. The van der Waals surface area contributed by atoms with Crippen LogP contribution in [0.15, 0.2) is 35.7 Å². The van der Waals surface area contributed by atoms with Gasteiger partial charge in [-0.1, -0.05) is 18.2 Å². The average Bonchev–Trinajstić information content (AvgIpc) is 2.84. The molecule has 18 heavy (non-hydrogen) atoms. The third kappa shape index (κ3) is 4.13. The standard InChI is InChI=1S/C14H17NO2S/c16-9-8-12-11-18-14(15-12)7-4-10-17-13-5-2-1-3-6-13/h1-3,5-6,11,16H,4,7-10H2. The van der Waals surface area contributed by atoms with Crippen molar-refractivity contribution in [3.05, 3.63) is 46.4 Å². The van der Waals surface area contributed by atoms with Crippen molar-refractivity contribution in [1.29, 1.82) is 0 Å². The molecule has 1 N–H and O–H groups in total. The van der Waals surface area contributed by atoms with Crippen LogP contribution in [0.1, 0.15) is 17.1 Å². The highest BCUT2D eigenvalue weighted by Crippen LogP contribution is 2.13. The van der Waals surface area contributed by atoms with E-state index in [1.165, 1.54) is 0 Å². The van der Waals surface area contributed by atoms with E-state index in [4.69, 9.17) is 9.84 Å². The lowest BCUT2D eigenvalue weighted by Crippen LogP contribution is -1.99. The molecule has 0 aliphatic carbocycles. The van der Waals surface area contributed by atoms with E-state index in [0.29, 0.717) is 13.0 Å². The van der Waals surface area contributed by atoms with Crippen molar-refractivity contribution < 1.29 is 9.84 Å². The van der Waals surface area contributed by atoms with Gasteiger partial charge in [-0.2, -0.15) is 0 Å². The summed E-state index contributed by atoms with van der Waals surface area (Å²) in [5, 5.41) is 12.0. The molecule has 0 fully saturated rings. The maximum Gasteiger partial charge on any atom is 0.119 e. The monoisotopic (exact) mass is 263 g/mol. The Kier molecular flexibility index (Phi) is 5.17. The fourth-order valence-electron chi connectivity index (χ4n) is 1.62. The van der Waals surface area contributed by atoms with Gasteiger partial charge in [0.05, 0.1) is 17.3 Å². The van der Waals surface area contributed by atoms with E-state index in [2.05, 4.69) is 4.98 Å². The first-order valence-electron chi connectivity index (χ1n) is 6.10. The topological polar surface area (TPSA) is 42.4 Å². The summed E-state index contributed by atoms with van der Waals surface area (Å²) < 4.78 is 5.62. The van der Waals surface area contributed by atoms with E-state index >= 15 is 0 Å². The molecule has 0 saturated carbocycles. The zero-order valence-electron chi connectivity index (χ0n) is 10.2. The number of aromatic nitrogens is 1. The van der Waals surface area contributed by atoms with Crippen LogP contribution in [0.5, 0.6) is 5.75 Å². The maximum atomic E-state index is 8.81. The molecule has 0 unspecified atom stereocenters. The molecule has 0 saturated heterocycles. The summed E-state index contributed by atoms with van der Waals surface area (Å²) in [6.07, 6.45) is 2.54. The minimum absolute atomic E-state index is 0.167. The van der Waals surface area contributed by atoms with Gasteiger partial charge in [0.2, 0.25) is 0 Å². The van der Waals surface area contributed by atoms with Gasteiger partial charge in [0.1, 0.15) is 5.75 Å². The highest BCUT2D eigenvalue weighted by Gasteiger charge is 2.01. The molecule has 2 rings (SSSR count). The summed E-state index contributed by atoms with van der Waals surface area (Å²) in [5.41, 5.74) is 0.987. The highest BCUT2D eigenvalue weighted by molar-refractivity contribution is 7.09. The molecule has 1 heterocycles. The molecule has 0 bridgehead atoms. The molecule has 0 radical (unpaired) electrons. The first-order valence-corrected chi connectivity index (χ1v) is 6.98. The van der Waals surface area contributed by atoms with E-state index < -0.39 is 0 Å². The Labute approximate surface area is 111 Å². The third-order valence-corrected chi connectivity index (χ3v) is 3.47. The Balaban J connectivity index is 1.68. The lowest BCUT2D eigenvalue weighted by atomic mass is 10.3. The van der Waals surface area contributed by atoms with Gasteiger partial charge in [0.25, 0.3) is 0 Å². The van der Waals surface area contributed by atoms with E-state index in [9.17, 15) is 0 Å². The van der Waals surface area contributed by atoms with E-state index in [0.717, 1.165) is 29.3 Å². The molecule has 3 nitrogen and oxygen atoms in total. The van der Waals surface area contributed by atoms with E-state index in [1.54, 1.807) is 11.3 Å². The van der Waals surface area contributed by atoms with Gasteiger partial charge in [0, 0.05) is 24.8 Å². The smallest absolute Gasteiger partial charge is 0.119 e. The Morgan fingerprint density at radius 2 is 2.00 bits per heavy atom. The third-order valence-electron chi connectivity index (χ3n) is 2.51. The lowest BCUT2D eigenvalue weighted by Gasteiger charge is -2.04. The minimum atomic E-state index is 0.167. The molecular weight excluding hydrogens is 246 g/mol. The van der Waals surface area contributed by atoms with Gasteiger partial charge in [-0.3, -0.25) is 0 Å². The van der Waals surface area contributed by atoms with Crippen LogP contribution < -0.4 is 4.74 Å². The predicted octanol–water partition coefficient (Wildman–Crippen LogP) is 2.69. The number of aliphatic hydroxyl groups is 1. The van der Waals surface area contributed by atoms with Crippen molar-refractivity contribution in [3.63, 3.8) is 0 Å². The molecule has 0 aliphatic heterocycles. The molecule has 1 aromatic heterocycles. The number of hydrogen-bond acceptors (Lipinski definition) is 4. The molecule has 96 valence electrons. The van der Waals surface area contributed by atoms with Gasteiger partial charge in [-0.15, -0.1) is 11.3 Å². The van der Waals surface area contributed by atoms with Crippen molar-refractivity contribution in [2.45, 2.75) is 19.3 Å². The average molecular weight is 263 g/mol. The molecule has 0 spiro atoms. The van der Waals surface area contributed by atoms with Gasteiger partial charge in [-0.25, -0.2) is 4.98 Å². The zero-order valence-corrected chi connectivity index (χ0v) is 11.0. The number of nitrogens with zero attached hydrogens (tertiary/aromatic N) is 1. The number of rotatable bonds is 7. The van der Waals surface area contributed by atoms with E-state index in [1.807, 2.05) is 35.7 Å². The second kappa shape index (κ2) is 7.13. The summed E-state index contributed by atoms with van der Waals surface area (Å²) in [4.78, 5) is 4.45. The van der Waals surface area contributed by atoms with Crippen molar-refractivity contribution in [2.24, 2.45) is 0 Å². The normalized spacial score (nSPS) is 10.5. The van der Waals surface area contributed by atoms with Crippen molar-refractivity contribution >= 4 is 11.3 Å². The fourth-order valence-corrected chi connectivity index (χ4v) is 2.50. The number of aryl methyl sites for hydroxylation is 1. The molecular formula is C14H17NO2S. The van der Waals surface area contributed by atoms with Crippen LogP contribution in [0.3, 0.4) is 0 Å². The predicted molar refractivity (Wildman–Crippen MR) is 73.2 cm³/mol. The van der Waals surface area contributed by atoms with Crippen LogP contribution in [0.2, 0.25) is 0 Å². The Bertz CT molecular complexity index is 456. The van der Waals surface area contributed by atoms with Crippen LogP contribution in [0.25, 0.3) is 0 Å². The second-order valence-electron chi connectivity index (χ2n) is 3.97. The van der Waals surface area contributed by atoms with Gasteiger partial charge < -0.3 is 9.84 Å². The Morgan fingerprint density at radius 1 is 1.17 bits per heavy atom. The van der Waals surface area contributed by atoms with Crippen molar-refractivity contribution in [2.75, 3.05) is 13.2 Å². The maximum absolute atomic E-state index is 8.81. The number of ether oxygens (including phenoxy) is 1. The summed E-state index contributed by atoms with van der Waals surface area (Å²) in [5.74, 6) is 0.914. The van der Waals surface area contributed by atoms with Gasteiger partial charge in [0.15, 0.2) is 0 Å². The molecule has 4 heteroatoms. The Hall–Kier alpha value is -1.39. The van der Waals surface area contributed by atoms with Crippen LogP contribution >= 0.6 is 11.3 Å². The largest absolute Gasteiger partial charge is 0.494 e. The minimum Gasteiger partial charge on any atom is -0.494 e. The first-order chi connectivity index (χ1) is 8.88. The molecule has 0 atom stereocenters. The summed E-state index contributed by atoms with van der Waals surface area (Å²) in [7, 11) is 0. The molecule has 2 aromatic rings. The fraction of sp³-hybridized carbons (Fsp3) is 0.357. The van der Waals surface area contributed by atoms with Crippen LogP contribution in [-0.4, -0.2) is 23.3 Å². The van der Waals surface area contributed by atoms with Crippen molar-refractivity contribution in [3.8, 4) is 5.75 Å². The summed E-state index contributed by atoms with van der Waals surface area (Å²) >= 11 is 1.66. The number of benzene rings is 1. The number of para-hydroxylation sites is 1. The number of hydrogen-bond donors (Lipinski definition) is 1. The quantitative estimate of drug-likeness (QED) is 0.781. The summed E-state index contributed by atoms with van der Waals surface area (Å²) in [6.45, 7) is 0.874. The zero-order chi connectivity index (χ0) is 12.6. The van der Waals surface area contributed by atoms with E-state index in [-0.39, 0.29) is 6.61 Å².